The highest BCUT2D eigenvalue weighted by Gasteiger charge is 2.05. The van der Waals surface area contributed by atoms with Crippen LogP contribution in [-0.4, -0.2) is 38.1 Å². The molecule has 0 aliphatic heterocycles. The van der Waals surface area contributed by atoms with Crippen LogP contribution >= 0.6 is 15.9 Å². The van der Waals surface area contributed by atoms with Gasteiger partial charge in [0, 0.05) is 17.6 Å². The van der Waals surface area contributed by atoms with Gasteiger partial charge in [0.15, 0.2) is 0 Å². The molecule has 3 nitrogen and oxygen atoms in total. The summed E-state index contributed by atoms with van der Waals surface area (Å²) < 4.78 is 5.75. The van der Waals surface area contributed by atoms with Gasteiger partial charge in [-0.25, -0.2) is 0 Å². The zero-order valence-electron chi connectivity index (χ0n) is 10.3. The van der Waals surface area contributed by atoms with Crippen molar-refractivity contribution in [2.75, 3.05) is 27.2 Å². The van der Waals surface area contributed by atoms with E-state index < -0.39 is 0 Å². The predicted octanol–water partition coefficient (Wildman–Crippen LogP) is 2.49. The summed E-state index contributed by atoms with van der Waals surface area (Å²) in [6.07, 6.45) is 1.42. The van der Waals surface area contributed by atoms with Crippen LogP contribution in [-0.2, 0) is 16.0 Å². The summed E-state index contributed by atoms with van der Waals surface area (Å²) >= 11 is 3.53. The van der Waals surface area contributed by atoms with E-state index in [4.69, 9.17) is 0 Å². The lowest BCUT2D eigenvalue weighted by atomic mass is 10.1. The predicted molar refractivity (Wildman–Crippen MR) is 72.0 cm³/mol. The van der Waals surface area contributed by atoms with Crippen LogP contribution in [0.15, 0.2) is 28.7 Å². The SMILES string of the molecule is COC(=O)CCN(C)CCc1ccccc1Br. The Kier molecular flexibility index (Phi) is 6.22. The first-order valence-electron chi connectivity index (χ1n) is 5.62. The number of esters is 1. The zero-order valence-corrected chi connectivity index (χ0v) is 11.9. The van der Waals surface area contributed by atoms with Gasteiger partial charge in [-0.1, -0.05) is 34.1 Å². The maximum absolute atomic E-state index is 11.0. The second kappa shape index (κ2) is 7.45. The van der Waals surface area contributed by atoms with Crippen LogP contribution in [0.3, 0.4) is 0 Å². The number of nitrogens with zero attached hydrogens (tertiary/aromatic N) is 1. The minimum atomic E-state index is -0.155. The van der Waals surface area contributed by atoms with E-state index in [0.29, 0.717) is 6.42 Å². The lowest BCUT2D eigenvalue weighted by Gasteiger charge is -2.16. The van der Waals surface area contributed by atoms with Crippen LogP contribution in [0.25, 0.3) is 0 Å². The van der Waals surface area contributed by atoms with Crippen molar-refractivity contribution in [1.82, 2.24) is 4.90 Å². The number of ether oxygens (including phenoxy) is 1. The van der Waals surface area contributed by atoms with E-state index in [1.165, 1.54) is 12.7 Å². The number of halogens is 1. The fraction of sp³-hybridized carbons (Fsp3) is 0.462. The number of benzene rings is 1. The molecule has 0 amide bonds. The van der Waals surface area contributed by atoms with Crippen molar-refractivity contribution >= 4 is 21.9 Å². The second-order valence-corrected chi connectivity index (χ2v) is 4.83. The van der Waals surface area contributed by atoms with Gasteiger partial charge < -0.3 is 9.64 Å². The molecule has 1 rings (SSSR count). The van der Waals surface area contributed by atoms with Crippen molar-refractivity contribution in [2.24, 2.45) is 0 Å². The van der Waals surface area contributed by atoms with Crippen molar-refractivity contribution in [2.45, 2.75) is 12.8 Å². The molecule has 0 saturated heterocycles. The molecule has 1 aromatic rings. The molecule has 17 heavy (non-hydrogen) atoms. The van der Waals surface area contributed by atoms with E-state index in [2.05, 4.69) is 31.6 Å². The van der Waals surface area contributed by atoms with Crippen LogP contribution in [0, 0.1) is 0 Å². The average Bonchev–Trinajstić information content (AvgIpc) is 2.35. The number of hydrogen-bond acceptors (Lipinski definition) is 3. The zero-order chi connectivity index (χ0) is 12.7. The standard InChI is InChI=1S/C13H18BrNO2/c1-15(10-8-13(16)17-2)9-7-11-5-3-4-6-12(11)14/h3-6H,7-10H2,1-2H3. The topological polar surface area (TPSA) is 29.5 Å². The van der Waals surface area contributed by atoms with Crippen molar-refractivity contribution in [3.8, 4) is 0 Å². The minimum absolute atomic E-state index is 0.155. The molecular weight excluding hydrogens is 282 g/mol. The summed E-state index contributed by atoms with van der Waals surface area (Å²) in [6.45, 7) is 1.66. The van der Waals surface area contributed by atoms with Crippen LogP contribution in [0.4, 0.5) is 0 Å². The molecule has 0 atom stereocenters. The number of methoxy groups -OCH3 is 1. The van der Waals surface area contributed by atoms with E-state index in [9.17, 15) is 4.79 Å². The number of hydrogen-bond donors (Lipinski definition) is 0. The van der Waals surface area contributed by atoms with Gasteiger partial charge in [0.1, 0.15) is 0 Å². The number of carbonyl (C=O) groups excluding carboxylic acids is 1. The number of rotatable bonds is 6. The molecule has 1 aromatic carbocycles. The molecule has 0 unspecified atom stereocenters. The summed E-state index contributed by atoms with van der Waals surface area (Å²) in [4.78, 5) is 13.1. The Morgan fingerprint density at radius 2 is 2.06 bits per heavy atom. The van der Waals surface area contributed by atoms with Crippen LogP contribution in [0.2, 0.25) is 0 Å². The van der Waals surface area contributed by atoms with Crippen LogP contribution in [0.5, 0.6) is 0 Å². The first kappa shape index (κ1) is 14.2. The molecule has 4 heteroatoms. The van der Waals surface area contributed by atoms with Gasteiger partial charge in [-0.15, -0.1) is 0 Å². The quantitative estimate of drug-likeness (QED) is 0.756. The lowest BCUT2D eigenvalue weighted by Crippen LogP contribution is -2.24. The van der Waals surface area contributed by atoms with Crippen LogP contribution in [0.1, 0.15) is 12.0 Å². The third-order valence-corrected chi connectivity index (χ3v) is 3.42. The summed E-state index contributed by atoms with van der Waals surface area (Å²) in [7, 11) is 3.43. The maximum atomic E-state index is 11.0. The fourth-order valence-corrected chi connectivity index (χ4v) is 1.99. The molecule has 0 heterocycles. The Morgan fingerprint density at radius 1 is 1.35 bits per heavy atom. The summed E-state index contributed by atoms with van der Waals surface area (Å²) in [5.74, 6) is -0.155. The smallest absolute Gasteiger partial charge is 0.306 e. The van der Waals surface area contributed by atoms with Gasteiger partial charge in [0.25, 0.3) is 0 Å². The molecule has 0 aliphatic rings. The van der Waals surface area contributed by atoms with Crippen molar-refractivity contribution in [1.29, 1.82) is 0 Å². The van der Waals surface area contributed by atoms with Gasteiger partial charge in [0.2, 0.25) is 0 Å². The molecule has 0 spiro atoms. The maximum Gasteiger partial charge on any atom is 0.306 e. The first-order chi connectivity index (χ1) is 8.13. The first-order valence-corrected chi connectivity index (χ1v) is 6.41. The highest BCUT2D eigenvalue weighted by molar-refractivity contribution is 9.10. The fourth-order valence-electron chi connectivity index (χ4n) is 1.51. The van der Waals surface area contributed by atoms with E-state index in [0.717, 1.165) is 24.0 Å². The van der Waals surface area contributed by atoms with Gasteiger partial charge in [-0.2, -0.15) is 0 Å². The molecule has 0 fully saturated rings. The van der Waals surface area contributed by atoms with E-state index in [1.54, 1.807) is 0 Å². The van der Waals surface area contributed by atoms with Crippen molar-refractivity contribution in [3.05, 3.63) is 34.3 Å². The minimum Gasteiger partial charge on any atom is -0.469 e. The van der Waals surface area contributed by atoms with E-state index >= 15 is 0 Å². The van der Waals surface area contributed by atoms with Gasteiger partial charge >= 0.3 is 5.97 Å². The monoisotopic (exact) mass is 299 g/mol. The second-order valence-electron chi connectivity index (χ2n) is 3.97. The Hall–Kier alpha value is -0.870. The van der Waals surface area contributed by atoms with Crippen molar-refractivity contribution < 1.29 is 9.53 Å². The number of carbonyl (C=O) groups is 1. The highest BCUT2D eigenvalue weighted by Crippen LogP contribution is 2.16. The summed E-state index contributed by atoms with van der Waals surface area (Å²) in [6, 6.07) is 8.20. The molecule has 0 bridgehead atoms. The molecule has 0 aliphatic carbocycles. The lowest BCUT2D eigenvalue weighted by molar-refractivity contribution is -0.140. The number of likely N-dealkylation sites (N-methyl/N-ethyl adjacent to an activating group) is 1. The normalized spacial score (nSPS) is 10.6. The molecule has 0 saturated carbocycles. The molecule has 0 N–H and O–H groups in total. The Balaban J connectivity index is 2.31. The van der Waals surface area contributed by atoms with E-state index in [-0.39, 0.29) is 5.97 Å². The third-order valence-electron chi connectivity index (χ3n) is 2.65. The van der Waals surface area contributed by atoms with Gasteiger partial charge in [-0.05, 0) is 25.1 Å². The largest absolute Gasteiger partial charge is 0.469 e. The molecular formula is C13H18BrNO2. The van der Waals surface area contributed by atoms with Crippen molar-refractivity contribution in [3.63, 3.8) is 0 Å². The third kappa shape index (κ3) is 5.33. The van der Waals surface area contributed by atoms with Gasteiger partial charge in [-0.3, -0.25) is 4.79 Å². The van der Waals surface area contributed by atoms with Crippen LogP contribution < -0.4 is 0 Å². The highest BCUT2D eigenvalue weighted by atomic mass is 79.9. The molecule has 94 valence electrons. The van der Waals surface area contributed by atoms with E-state index in [1.807, 2.05) is 25.2 Å². The molecule has 0 radical (unpaired) electrons. The Bertz CT molecular complexity index is 368. The summed E-state index contributed by atoms with van der Waals surface area (Å²) in [5.41, 5.74) is 1.29. The molecule has 0 aromatic heterocycles. The Morgan fingerprint density at radius 3 is 2.71 bits per heavy atom. The average molecular weight is 300 g/mol. The summed E-state index contributed by atoms with van der Waals surface area (Å²) in [5, 5.41) is 0. The van der Waals surface area contributed by atoms with Gasteiger partial charge in [0.05, 0.1) is 13.5 Å². The Labute approximate surface area is 111 Å².